The van der Waals surface area contributed by atoms with E-state index in [-0.39, 0.29) is 5.82 Å². The molecule has 0 radical (unpaired) electrons. The summed E-state index contributed by atoms with van der Waals surface area (Å²) in [5.41, 5.74) is 0.714. The number of thiocarbonyl (C=S) groups is 1. The van der Waals surface area contributed by atoms with Gasteiger partial charge < -0.3 is 10.6 Å². The van der Waals surface area contributed by atoms with Crippen molar-refractivity contribution in [2.24, 2.45) is 0 Å². The maximum Gasteiger partial charge on any atom is 0.170 e. The van der Waals surface area contributed by atoms with Gasteiger partial charge in [-0.15, -0.1) is 0 Å². The van der Waals surface area contributed by atoms with Gasteiger partial charge in [0.05, 0.1) is 12.5 Å². The first-order chi connectivity index (χ1) is 7.22. The van der Waals surface area contributed by atoms with Crippen LogP contribution in [0.4, 0.5) is 10.1 Å². The molecule has 78 valence electrons. The highest BCUT2D eigenvalue weighted by Crippen LogP contribution is 2.07. The Morgan fingerprint density at radius 3 is 2.67 bits per heavy atom. The van der Waals surface area contributed by atoms with E-state index in [2.05, 4.69) is 10.6 Å². The molecule has 0 aliphatic rings. The van der Waals surface area contributed by atoms with Gasteiger partial charge in [-0.2, -0.15) is 5.26 Å². The fourth-order valence-electron chi connectivity index (χ4n) is 0.940. The van der Waals surface area contributed by atoms with Crippen LogP contribution in [0.1, 0.15) is 6.42 Å². The van der Waals surface area contributed by atoms with Crippen LogP contribution in [0.25, 0.3) is 0 Å². The standard InChI is InChI=1S/C10H10FN3S/c11-8-2-4-9(5-3-8)14-10(15)13-7-1-6-12/h2-5H,1,7H2,(H2,13,14,15). The zero-order chi connectivity index (χ0) is 11.1. The largest absolute Gasteiger partial charge is 0.361 e. The van der Waals surface area contributed by atoms with Crippen LogP contribution in [0.2, 0.25) is 0 Å². The van der Waals surface area contributed by atoms with Crippen LogP contribution in [0.5, 0.6) is 0 Å². The van der Waals surface area contributed by atoms with Crippen molar-refractivity contribution in [2.75, 3.05) is 11.9 Å². The monoisotopic (exact) mass is 223 g/mol. The van der Waals surface area contributed by atoms with Gasteiger partial charge in [0.1, 0.15) is 5.82 Å². The Balaban J connectivity index is 2.38. The third kappa shape index (κ3) is 4.38. The molecule has 0 saturated carbocycles. The summed E-state index contributed by atoms with van der Waals surface area (Å²) in [4.78, 5) is 0. The van der Waals surface area contributed by atoms with Gasteiger partial charge in [-0.05, 0) is 36.5 Å². The van der Waals surface area contributed by atoms with Gasteiger partial charge in [0.25, 0.3) is 0 Å². The van der Waals surface area contributed by atoms with Crippen molar-refractivity contribution >= 4 is 23.0 Å². The zero-order valence-corrected chi connectivity index (χ0v) is 8.77. The summed E-state index contributed by atoms with van der Waals surface area (Å²) in [6, 6.07) is 7.87. The van der Waals surface area contributed by atoms with Gasteiger partial charge >= 0.3 is 0 Å². The smallest absolute Gasteiger partial charge is 0.170 e. The summed E-state index contributed by atoms with van der Waals surface area (Å²) >= 11 is 4.96. The number of hydrogen-bond donors (Lipinski definition) is 2. The number of nitrogens with one attached hydrogen (secondary N) is 2. The van der Waals surface area contributed by atoms with Gasteiger partial charge in [0.15, 0.2) is 5.11 Å². The second-order valence-corrected chi connectivity index (χ2v) is 3.20. The Kier molecular flexibility index (Phi) is 4.51. The predicted octanol–water partition coefficient (Wildman–Crippen LogP) is 2.03. The van der Waals surface area contributed by atoms with Gasteiger partial charge in [-0.25, -0.2) is 4.39 Å². The number of nitrogens with zero attached hydrogens (tertiary/aromatic N) is 1. The number of benzene rings is 1. The lowest BCUT2D eigenvalue weighted by atomic mass is 10.3. The number of nitriles is 1. The molecule has 15 heavy (non-hydrogen) atoms. The molecule has 1 aromatic carbocycles. The van der Waals surface area contributed by atoms with Gasteiger partial charge in [-0.3, -0.25) is 0 Å². The topological polar surface area (TPSA) is 47.9 Å². The van der Waals surface area contributed by atoms with Gasteiger partial charge in [0.2, 0.25) is 0 Å². The number of halogens is 1. The molecule has 0 aromatic heterocycles. The van der Waals surface area contributed by atoms with Crippen LogP contribution in [-0.4, -0.2) is 11.7 Å². The van der Waals surface area contributed by atoms with E-state index in [9.17, 15) is 4.39 Å². The average Bonchev–Trinajstić information content (AvgIpc) is 2.22. The van der Waals surface area contributed by atoms with Crippen LogP contribution in [0.3, 0.4) is 0 Å². The maximum absolute atomic E-state index is 12.6. The van der Waals surface area contributed by atoms with Gasteiger partial charge in [-0.1, -0.05) is 0 Å². The third-order valence-corrected chi connectivity index (χ3v) is 1.87. The number of rotatable bonds is 3. The molecule has 1 rings (SSSR count). The predicted molar refractivity (Wildman–Crippen MR) is 60.9 cm³/mol. The highest BCUT2D eigenvalue weighted by molar-refractivity contribution is 7.80. The van der Waals surface area contributed by atoms with E-state index in [1.54, 1.807) is 12.1 Å². The summed E-state index contributed by atoms with van der Waals surface area (Å²) in [5, 5.41) is 14.5. The van der Waals surface area contributed by atoms with E-state index in [4.69, 9.17) is 17.5 Å². The van der Waals surface area contributed by atoms with Gasteiger partial charge in [0, 0.05) is 12.2 Å². The first-order valence-electron chi connectivity index (χ1n) is 4.40. The van der Waals surface area contributed by atoms with Crippen molar-refractivity contribution in [1.82, 2.24) is 5.32 Å². The molecule has 0 aliphatic heterocycles. The molecule has 0 atom stereocenters. The molecule has 3 nitrogen and oxygen atoms in total. The Hall–Kier alpha value is -1.67. The van der Waals surface area contributed by atoms with E-state index >= 15 is 0 Å². The first-order valence-corrected chi connectivity index (χ1v) is 4.80. The lowest BCUT2D eigenvalue weighted by Gasteiger charge is -2.08. The van der Waals surface area contributed by atoms with E-state index in [1.165, 1.54) is 12.1 Å². The molecule has 0 saturated heterocycles. The van der Waals surface area contributed by atoms with Crippen molar-refractivity contribution in [2.45, 2.75) is 6.42 Å². The second kappa shape index (κ2) is 5.94. The molecular formula is C10H10FN3S. The Morgan fingerprint density at radius 1 is 1.40 bits per heavy atom. The van der Waals surface area contributed by atoms with Crippen molar-refractivity contribution < 1.29 is 4.39 Å². The highest BCUT2D eigenvalue weighted by Gasteiger charge is 1.96. The van der Waals surface area contributed by atoms with E-state index in [0.29, 0.717) is 23.8 Å². The van der Waals surface area contributed by atoms with Crippen LogP contribution in [-0.2, 0) is 0 Å². The third-order valence-electron chi connectivity index (χ3n) is 1.62. The van der Waals surface area contributed by atoms with E-state index in [0.717, 1.165) is 0 Å². The van der Waals surface area contributed by atoms with Crippen LogP contribution >= 0.6 is 12.2 Å². The fourth-order valence-corrected chi connectivity index (χ4v) is 1.16. The molecule has 2 N–H and O–H groups in total. The van der Waals surface area contributed by atoms with Crippen LogP contribution in [0.15, 0.2) is 24.3 Å². The van der Waals surface area contributed by atoms with Crippen molar-refractivity contribution in [3.05, 3.63) is 30.1 Å². The maximum atomic E-state index is 12.6. The minimum atomic E-state index is -0.288. The molecule has 0 heterocycles. The summed E-state index contributed by atoms with van der Waals surface area (Å²) in [6.07, 6.45) is 0.394. The molecule has 0 unspecified atom stereocenters. The minimum absolute atomic E-state index is 0.288. The summed E-state index contributed by atoms with van der Waals surface area (Å²) in [5.74, 6) is -0.288. The summed E-state index contributed by atoms with van der Waals surface area (Å²) in [6.45, 7) is 0.504. The average molecular weight is 223 g/mol. The van der Waals surface area contributed by atoms with Crippen LogP contribution < -0.4 is 10.6 Å². The summed E-state index contributed by atoms with van der Waals surface area (Å²) < 4.78 is 12.6. The summed E-state index contributed by atoms with van der Waals surface area (Å²) in [7, 11) is 0. The van der Waals surface area contributed by atoms with E-state index in [1.807, 2.05) is 6.07 Å². The minimum Gasteiger partial charge on any atom is -0.361 e. The highest BCUT2D eigenvalue weighted by atomic mass is 32.1. The number of anilines is 1. The Morgan fingerprint density at radius 2 is 2.07 bits per heavy atom. The Labute approximate surface area is 92.9 Å². The molecular weight excluding hydrogens is 213 g/mol. The molecule has 0 bridgehead atoms. The molecule has 0 fully saturated rings. The molecule has 0 aliphatic carbocycles. The Bertz CT molecular complexity index is 369. The SMILES string of the molecule is N#CCCNC(=S)Nc1ccc(F)cc1. The number of hydrogen-bond acceptors (Lipinski definition) is 2. The first kappa shape index (κ1) is 11.4. The molecule has 1 aromatic rings. The lowest BCUT2D eigenvalue weighted by Crippen LogP contribution is -2.29. The molecule has 0 spiro atoms. The zero-order valence-electron chi connectivity index (χ0n) is 7.96. The van der Waals surface area contributed by atoms with E-state index < -0.39 is 0 Å². The lowest BCUT2D eigenvalue weighted by molar-refractivity contribution is 0.628. The van der Waals surface area contributed by atoms with Crippen molar-refractivity contribution in [1.29, 1.82) is 5.26 Å². The second-order valence-electron chi connectivity index (χ2n) is 2.80. The van der Waals surface area contributed by atoms with Crippen molar-refractivity contribution in [3.63, 3.8) is 0 Å². The normalized spacial score (nSPS) is 9.07. The molecule has 0 amide bonds. The molecule has 5 heteroatoms. The fraction of sp³-hybridized carbons (Fsp3) is 0.200. The quantitative estimate of drug-likeness (QED) is 0.608. The van der Waals surface area contributed by atoms with Crippen LogP contribution in [0, 0.1) is 17.1 Å². The van der Waals surface area contributed by atoms with Crippen molar-refractivity contribution in [3.8, 4) is 6.07 Å².